The molecular formula is C14H17Br2Cl. The molecule has 0 spiro atoms. The molecule has 94 valence electrons. The number of hydrogen-bond donors (Lipinski definition) is 0. The number of benzene rings is 1. The zero-order chi connectivity index (χ0) is 13.0. The van der Waals surface area contributed by atoms with Gasteiger partial charge in [0.15, 0.2) is 0 Å². The molecule has 1 fully saturated rings. The highest BCUT2D eigenvalue weighted by molar-refractivity contribution is 9.11. The van der Waals surface area contributed by atoms with Crippen molar-refractivity contribution in [1.82, 2.24) is 0 Å². The van der Waals surface area contributed by atoms with Gasteiger partial charge in [-0.25, -0.2) is 0 Å². The summed E-state index contributed by atoms with van der Waals surface area (Å²) in [5.74, 6) is 0.516. The van der Waals surface area contributed by atoms with Gasteiger partial charge in [-0.05, 0) is 40.5 Å². The Morgan fingerprint density at radius 2 is 1.65 bits per heavy atom. The molecule has 0 amide bonds. The molecule has 1 aliphatic rings. The van der Waals surface area contributed by atoms with Crippen molar-refractivity contribution in [2.24, 2.45) is 16.7 Å². The van der Waals surface area contributed by atoms with Crippen molar-refractivity contribution < 1.29 is 0 Å². The monoisotopic (exact) mass is 378 g/mol. The van der Waals surface area contributed by atoms with Gasteiger partial charge in [-0.3, -0.25) is 0 Å². The first-order chi connectivity index (χ1) is 7.69. The van der Waals surface area contributed by atoms with Crippen LogP contribution in [-0.2, 0) is 0 Å². The van der Waals surface area contributed by atoms with E-state index in [0.717, 1.165) is 8.95 Å². The van der Waals surface area contributed by atoms with Crippen molar-refractivity contribution in [3.8, 4) is 0 Å². The second-order valence-corrected chi connectivity index (χ2v) is 8.23. The molecule has 0 nitrogen and oxygen atoms in total. The Kier molecular flexibility index (Phi) is 3.47. The Bertz CT molecular complexity index is 438. The van der Waals surface area contributed by atoms with E-state index in [1.54, 1.807) is 0 Å². The van der Waals surface area contributed by atoms with Crippen LogP contribution in [0.15, 0.2) is 27.1 Å². The molecule has 0 saturated heterocycles. The quantitative estimate of drug-likeness (QED) is 0.538. The highest BCUT2D eigenvalue weighted by Crippen LogP contribution is 2.73. The second-order valence-electron chi connectivity index (χ2n) is 5.99. The van der Waals surface area contributed by atoms with Crippen LogP contribution < -0.4 is 0 Å². The zero-order valence-electron chi connectivity index (χ0n) is 10.5. The molecule has 0 bridgehead atoms. The largest absolute Gasteiger partial charge is 0.117 e. The average Bonchev–Trinajstić information content (AvgIpc) is 2.61. The number of halogens is 3. The lowest BCUT2D eigenvalue weighted by atomic mass is 10.0. The Morgan fingerprint density at radius 1 is 1.12 bits per heavy atom. The Balaban J connectivity index is 2.34. The number of alkyl halides is 1. The van der Waals surface area contributed by atoms with Crippen LogP contribution in [0.3, 0.4) is 0 Å². The minimum Gasteiger partial charge on any atom is -0.117 e. The van der Waals surface area contributed by atoms with Crippen LogP contribution in [0.2, 0.25) is 0 Å². The molecule has 3 heteroatoms. The third-order valence-corrected chi connectivity index (χ3v) is 6.38. The van der Waals surface area contributed by atoms with Crippen LogP contribution >= 0.6 is 43.5 Å². The van der Waals surface area contributed by atoms with E-state index in [4.69, 9.17) is 11.6 Å². The average molecular weight is 381 g/mol. The molecule has 0 N–H and O–H groups in total. The topological polar surface area (TPSA) is 0 Å². The van der Waals surface area contributed by atoms with Gasteiger partial charge in [0.2, 0.25) is 0 Å². The molecule has 1 atom stereocenters. The van der Waals surface area contributed by atoms with E-state index in [2.05, 4.69) is 71.7 Å². The third kappa shape index (κ3) is 2.11. The molecular weight excluding hydrogens is 363 g/mol. The van der Waals surface area contributed by atoms with Gasteiger partial charge >= 0.3 is 0 Å². The molecule has 1 aliphatic carbocycles. The number of rotatable bonds is 2. The summed E-state index contributed by atoms with van der Waals surface area (Å²) in [6.07, 6.45) is 0. The molecule has 1 unspecified atom stereocenters. The van der Waals surface area contributed by atoms with Crippen LogP contribution in [0.5, 0.6) is 0 Å². The van der Waals surface area contributed by atoms with Crippen LogP contribution in [-0.4, -0.2) is 0 Å². The van der Waals surface area contributed by atoms with Crippen molar-refractivity contribution >= 4 is 43.5 Å². The minimum atomic E-state index is 0.0619. The van der Waals surface area contributed by atoms with Crippen LogP contribution in [0.25, 0.3) is 0 Å². The van der Waals surface area contributed by atoms with Gasteiger partial charge in [-0.1, -0.05) is 59.6 Å². The summed E-state index contributed by atoms with van der Waals surface area (Å²) in [4.78, 5) is 0. The second kappa shape index (κ2) is 4.25. The lowest BCUT2D eigenvalue weighted by Gasteiger charge is -2.14. The maximum absolute atomic E-state index is 6.70. The smallest absolute Gasteiger partial charge is 0.0635 e. The first kappa shape index (κ1) is 13.9. The van der Waals surface area contributed by atoms with Gasteiger partial charge in [0.05, 0.1) is 5.38 Å². The van der Waals surface area contributed by atoms with E-state index in [1.807, 2.05) is 6.07 Å². The van der Waals surface area contributed by atoms with E-state index in [0.29, 0.717) is 16.7 Å². The highest BCUT2D eigenvalue weighted by atomic mass is 79.9. The predicted octanol–water partition coefficient (Wildman–Crippen LogP) is 6.17. The summed E-state index contributed by atoms with van der Waals surface area (Å²) in [6.45, 7) is 9.22. The Morgan fingerprint density at radius 3 is 2.12 bits per heavy atom. The summed E-state index contributed by atoms with van der Waals surface area (Å²) in [5.41, 5.74) is 1.80. The lowest BCUT2D eigenvalue weighted by molar-refractivity contribution is 0.457. The fraction of sp³-hybridized carbons (Fsp3) is 0.571. The maximum atomic E-state index is 6.70. The summed E-state index contributed by atoms with van der Waals surface area (Å²) in [5, 5.41) is 0.0619. The van der Waals surface area contributed by atoms with Gasteiger partial charge in [-0.15, -0.1) is 11.6 Å². The summed E-state index contributed by atoms with van der Waals surface area (Å²) >= 11 is 13.8. The lowest BCUT2D eigenvalue weighted by Crippen LogP contribution is -2.00. The molecule has 0 radical (unpaired) electrons. The SMILES string of the molecule is CC1(C)C(C(Cl)c2cc(Br)ccc2Br)C1(C)C. The number of hydrogen-bond acceptors (Lipinski definition) is 0. The van der Waals surface area contributed by atoms with E-state index >= 15 is 0 Å². The van der Waals surface area contributed by atoms with Crippen LogP contribution in [0, 0.1) is 16.7 Å². The van der Waals surface area contributed by atoms with Crippen molar-refractivity contribution in [2.45, 2.75) is 33.1 Å². The van der Waals surface area contributed by atoms with E-state index in [9.17, 15) is 0 Å². The van der Waals surface area contributed by atoms with Gasteiger partial charge in [0, 0.05) is 8.95 Å². The molecule has 0 aliphatic heterocycles. The van der Waals surface area contributed by atoms with Crippen molar-refractivity contribution in [3.63, 3.8) is 0 Å². The van der Waals surface area contributed by atoms with E-state index in [1.165, 1.54) is 5.56 Å². The zero-order valence-corrected chi connectivity index (χ0v) is 14.4. The molecule has 1 aromatic carbocycles. The van der Waals surface area contributed by atoms with Gasteiger partial charge < -0.3 is 0 Å². The first-order valence-electron chi connectivity index (χ1n) is 5.78. The first-order valence-corrected chi connectivity index (χ1v) is 7.81. The fourth-order valence-electron chi connectivity index (χ4n) is 2.88. The van der Waals surface area contributed by atoms with Gasteiger partial charge in [-0.2, -0.15) is 0 Å². The fourth-order valence-corrected chi connectivity index (χ4v) is 4.70. The summed E-state index contributed by atoms with van der Waals surface area (Å²) in [6, 6.07) is 6.20. The maximum Gasteiger partial charge on any atom is 0.0635 e. The summed E-state index contributed by atoms with van der Waals surface area (Å²) < 4.78 is 2.18. The highest BCUT2D eigenvalue weighted by Gasteiger charge is 2.67. The van der Waals surface area contributed by atoms with Crippen molar-refractivity contribution in [2.75, 3.05) is 0 Å². The van der Waals surface area contributed by atoms with Crippen molar-refractivity contribution in [3.05, 3.63) is 32.7 Å². The minimum absolute atomic E-state index is 0.0619. The molecule has 1 saturated carbocycles. The molecule has 0 aromatic heterocycles. The Labute approximate surface area is 125 Å². The van der Waals surface area contributed by atoms with Gasteiger partial charge in [0.1, 0.15) is 0 Å². The molecule has 0 heterocycles. The van der Waals surface area contributed by atoms with Crippen LogP contribution in [0.4, 0.5) is 0 Å². The third-order valence-electron chi connectivity index (χ3n) is 4.68. The standard InChI is InChI=1S/C14H17Br2Cl/c1-13(2)12(14(13,3)4)11(17)9-7-8(15)5-6-10(9)16/h5-7,11-12H,1-4H3. The molecule has 17 heavy (non-hydrogen) atoms. The van der Waals surface area contributed by atoms with E-state index in [-0.39, 0.29) is 5.38 Å². The molecule has 1 aromatic rings. The van der Waals surface area contributed by atoms with E-state index < -0.39 is 0 Å². The summed E-state index contributed by atoms with van der Waals surface area (Å²) in [7, 11) is 0. The normalized spacial score (nSPS) is 23.5. The Hall–Kier alpha value is 0.470. The van der Waals surface area contributed by atoms with Crippen LogP contribution in [0.1, 0.15) is 38.6 Å². The molecule has 2 rings (SSSR count). The predicted molar refractivity (Wildman–Crippen MR) is 81.5 cm³/mol. The van der Waals surface area contributed by atoms with Crippen molar-refractivity contribution in [1.29, 1.82) is 0 Å². The van der Waals surface area contributed by atoms with Gasteiger partial charge in [0.25, 0.3) is 0 Å².